The Morgan fingerprint density at radius 1 is 1.56 bits per heavy atom. The molecule has 3 nitrogen and oxygen atoms in total. The summed E-state index contributed by atoms with van der Waals surface area (Å²) >= 11 is 0. The summed E-state index contributed by atoms with van der Waals surface area (Å²) in [4.78, 5) is 10.8. The van der Waals surface area contributed by atoms with Gasteiger partial charge in [0, 0.05) is 12.0 Å². The molecule has 1 unspecified atom stereocenters. The highest BCUT2D eigenvalue weighted by Crippen LogP contribution is 2.20. The van der Waals surface area contributed by atoms with E-state index >= 15 is 0 Å². The Hall–Kier alpha value is -1.61. The van der Waals surface area contributed by atoms with Gasteiger partial charge in [-0.15, -0.1) is 0 Å². The number of epoxide rings is 1. The first-order valence-electron chi connectivity index (χ1n) is 5.28. The molecular weight excluding hydrogens is 204 g/mol. The van der Waals surface area contributed by atoms with Crippen LogP contribution in [0.5, 0.6) is 0 Å². The largest absolute Gasteiger partial charge is 0.478 e. The third-order valence-electron chi connectivity index (χ3n) is 2.61. The number of carboxylic acids is 1. The second-order valence-electron chi connectivity index (χ2n) is 3.99. The molecule has 1 heterocycles. The number of carboxylic acid groups (broad SMARTS) is 1. The molecule has 0 spiro atoms. The van der Waals surface area contributed by atoms with Crippen LogP contribution in [-0.2, 0) is 16.0 Å². The van der Waals surface area contributed by atoms with Crippen LogP contribution in [0.2, 0.25) is 0 Å². The summed E-state index contributed by atoms with van der Waals surface area (Å²) in [6.45, 7) is 2.42. The van der Waals surface area contributed by atoms with Gasteiger partial charge in [-0.05, 0) is 24.1 Å². The summed E-state index contributed by atoms with van der Waals surface area (Å²) in [5.41, 5.74) is 2.47. The molecule has 0 aliphatic carbocycles. The van der Waals surface area contributed by atoms with Gasteiger partial charge in [-0.3, -0.25) is 0 Å². The Kier molecular flexibility index (Phi) is 3.06. The Morgan fingerprint density at radius 2 is 2.25 bits per heavy atom. The van der Waals surface area contributed by atoms with Crippen molar-refractivity contribution in [1.29, 1.82) is 0 Å². The fraction of sp³-hybridized carbons (Fsp3) is 0.308. The quantitative estimate of drug-likeness (QED) is 0.622. The molecule has 1 aromatic carbocycles. The van der Waals surface area contributed by atoms with E-state index in [0.29, 0.717) is 11.7 Å². The zero-order valence-electron chi connectivity index (χ0n) is 9.14. The highest BCUT2D eigenvalue weighted by atomic mass is 16.6. The van der Waals surface area contributed by atoms with E-state index in [9.17, 15) is 4.79 Å². The van der Waals surface area contributed by atoms with E-state index < -0.39 is 5.97 Å². The predicted molar refractivity (Wildman–Crippen MR) is 61.2 cm³/mol. The second kappa shape index (κ2) is 4.49. The van der Waals surface area contributed by atoms with Crippen LogP contribution in [0.4, 0.5) is 0 Å². The monoisotopic (exact) mass is 218 g/mol. The Bertz CT molecular complexity index is 431. The zero-order valence-corrected chi connectivity index (χ0v) is 9.14. The first-order chi connectivity index (χ1) is 7.66. The van der Waals surface area contributed by atoms with Crippen LogP contribution in [0.15, 0.2) is 29.8 Å². The predicted octanol–water partition coefficient (Wildman–Crippen LogP) is 2.12. The Balaban J connectivity index is 2.24. The molecule has 0 amide bonds. The molecule has 84 valence electrons. The summed E-state index contributed by atoms with van der Waals surface area (Å²) in [5, 5.41) is 8.84. The third kappa shape index (κ3) is 2.70. The van der Waals surface area contributed by atoms with Gasteiger partial charge in [0.1, 0.15) is 0 Å². The lowest BCUT2D eigenvalue weighted by atomic mass is 10.0. The van der Waals surface area contributed by atoms with E-state index in [0.717, 1.165) is 24.2 Å². The van der Waals surface area contributed by atoms with Gasteiger partial charge >= 0.3 is 5.97 Å². The standard InChI is InChI=1S/C13H14O3/c1-9(13(14)15)6-10-4-2-3-5-11(10)7-12-8-16-12/h2-6,12H,7-8H2,1H3,(H,14,15). The average molecular weight is 218 g/mol. The van der Waals surface area contributed by atoms with E-state index in [-0.39, 0.29) is 0 Å². The lowest BCUT2D eigenvalue weighted by Crippen LogP contribution is -1.99. The van der Waals surface area contributed by atoms with Crippen molar-refractivity contribution in [3.8, 4) is 0 Å². The van der Waals surface area contributed by atoms with E-state index in [1.165, 1.54) is 0 Å². The van der Waals surface area contributed by atoms with Gasteiger partial charge < -0.3 is 9.84 Å². The van der Waals surface area contributed by atoms with Gasteiger partial charge in [-0.25, -0.2) is 4.79 Å². The maximum Gasteiger partial charge on any atom is 0.331 e. The molecule has 1 aliphatic heterocycles. The minimum atomic E-state index is -0.877. The molecule has 1 fully saturated rings. The van der Waals surface area contributed by atoms with Crippen LogP contribution in [0.25, 0.3) is 6.08 Å². The van der Waals surface area contributed by atoms with Crippen LogP contribution in [0.3, 0.4) is 0 Å². The molecule has 0 radical (unpaired) electrons. The molecule has 1 N–H and O–H groups in total. The minimum absolute atomic E-state index is 0.319. The first-order valence-corrected chi connectivity index (χ1v) is 5.28. The van der Waals surface area contributed by atoms with Crippen LogP contribution in [0, 0.1) is 0 Å². The van der Waals surface area contributed by atoms with E-state index in [1.54, 1.807) is 13.0 Å². The molecule has 16 heavy (non-hydrogen) atoms. The van der Waals surface area contributed by atoms with Crippen molar-refractivity contribution in [2.24, 2.45) is 0 Å². The van der Waals surface area contributed by atoms with Gasteiger partial charge in [0.15, 0.2) is 0 Å². The smallest absolute Gasteiger partial charge is 0.331 e. The van der Waals surface area contributed by atoms with Crippen molar-refractivity contribution >= 4 is 12.0 Å². The molecule has 1 atom stereocenters. The van der Waals surface area contributed by atoms with E-state index in [1.807, 2.05) is 24.3 Å². The molecule has 3 heteroatoms. The van der Waals surface area contributed by atoms with Crippen molar-refractivity contribution in [2.45, 2.75) is 19.4 Å². The van der Waals surface area contributed by atoms with Gasteiger partial charge in [0.05, 0.1) is 12.7 Å². The van der Waals surface area contributed by atoms with Crippen molar-refractivity contribution in [2.75, 3.05) is 6.61 Å². The van der Waals surface area contributed by atoms with Crippen molar-refractivity contribution < 1.29 is 14.6 Å². The van der Waals surface area contributed by atoms with Crippen LogP contribution in [-0.4, -0.2) is 23.8 Å². The summed E-state index contributed by atoms with van der Waals surface area (Å²) in [6.07, 6.45) is 2.89. The molecule has 1 aromatic rings. The van der Waals surface area contributed by atoms with Crippen LogP contribution in [0.1, 0.15) is 18.1 Å². The van der Waals surface area contributed by atoms with Gasteiger partial charge in [0.25, 0.3) is 0 Å². The number of benzene rings is 1. The van der Waals surface area contributed by atoms with Gasteiger partial charge in [-0.2, -0.15) is 0 Å². The van der Waals surface area contributed by atoms with Gasteiger partial charge in [0.2, 0.25) is 0 Å². The SMILES string of the molecule is CC(=Cc1ccccc1CC1CO1)C(=O)O. The Labute approximate surface area is 94.4 Å². The minimum Gasteiger partial charge on any atom is -0.478 e. The molecule has 0 aromatic heterocycles. The van der Waals surface area contributed by atoms with Gasteiger partial charge in [-0.1, -0.05) is 24.3 Å². The number of aliphatic carboxylic acids is 1. The van der Waals surface area contributed by atoms with E-state index in [2.05, 4.69) is 0 Å². The second-order valence-corrected chi connectivity index (χ2v) is 3.99. The Morgan fingerprint density at radius 3 is 2.88 bits per heavy atom. The maximum atomic E-state index is 10.8. The molecular formula is C13H14O3. The fourth-order valence-electron chi connectivity index (χ4n) is 1.59. The number of hydrogen-bond donors (Lipinski definition) is 1. The maximum absolute atomic E-state index is 10.8. The van der Waals surface area contributed by atoms with Crippen molar-refractivity contribution in [3.63, 3.8) is 0 Å². The molecule has 0 saturated carbocycles. The summed E-state index contributed by atoms with van der Waals surface area (Å²) in [7, 11) is 0. The first kappa shape index (κ1) is 10.9. The third-order valence-corrected chi connectivity index (χ3v) is 2.61. The highest BCUT2D eigenvalue weighted by Gasteiger charge is 2.23. The molecule has 1 aliphatic rings. The average Bonchev–Trinajstić information content (AvgIpc) is 3.04. The fourth-order valence-corrected chi connectivity index (χ4v) is 1.59. The number of carbonyl (C=O) groups is 1. The molecule has 0 bridgehead atoms. The van der Waals surface area contributed by atoms with E-state index in [4.69, 9.17) is 9.84 Å². The van der Waals surface area contributed by atoms with Crippen LogP contribution < -0.4 is 0 Å². The summed E-state index contributed by atoms with van der Waals surface area (Å²) in [5.74, 6) is -0.877. The number of rotatable bonds is 4. The summed E-state index contributed by atoms with van der Waals surface area (Å²) < 4.78 is 5.18. The topological polar surface area (TPSA) is 49.8 Å². The lowest BCUT2D eigenvalue weighted by Gasteiger charge is -2.04. The molecule has 1 saturated heterocycles. The molecule has 2 rings (SSSR count). The van der Waals surface area contributed by atoms with Crippen molar-refractivity contribution in [1.82, 2.24) is 0 Å². The summed E-state index contributed by atoms with van der Waals surface area (Å²) in [6, 6.07) is 7.83. The number of hydrogen-bond acceptors (Lipinski definition) is 2. The normalized spacial score (nSPS) is 19.6. The lowest BCUT2D eigenvalue weighted by molar-refractivity contribution is -0.132. The highest BCUT2D eigenvalue weighted by molar-refractivity contribution is 5.91. The van der Waals surface area contributed by atoms with Crippen LogP contribution >= 0.6 is 0 Å². The van der Waals surface area contributed by atoms with Crippen molar-refractivity contribution in [3.05, 3.63) is 41.0 Å². The zero-order chi connectivity index (χ0) is 11.5. The number of ether oxygens (including phenoxy) is 1.